The Kier molecular flexibility index (Phi) is 9.77. The van der Waals surface area contributed by atoms with Gasteiger partial charge in [0, 0.05) is 13.1 Å². The molecule has 0 unspecified atom stereocenters. The first-order chi connectivity index (χ1) is 15.6. The summed E-state index contributed by atoms with van der Waals surface area (Å²) in [5, 5.41) is 2.84. The van der Waals surface area contributed by atoms with Crippen LogP contribution in [0.3, 0.4) is 0 Å². The van der Waals surface area contributed by atoms with Crippen LogP contribution in [0.1, 0.15) is 52.2 Å². The topological polar surface area (TPSA) is 67.9 Å². The number of hydrogen-bond donors (Lipinski definition) is 1. The zero-order valence-electron chi connectivity index (χ0n) is 20.4. The number of rotatable bonds is 10. The van der Waals surface area contributed by atoms with E-state index in [1.165, 1.54) is 0 Å². The van der Waals surface area contributed by atoms with Gasteiger partial charge in [0.25, 0.3) is 5.91 Å². The Labute approximate surface area is 205 Å². The van der Waals surface area contributed by atoms with Crippen molar-refractivity contribution in [1.29, 1.82) is 0 Å². The first kappa shape index (κ1) is 26.7. The fourth-order valence-corrected chi connectivity index (χ4v) is 3.94. The summed E-state index contributed by atoms with van der Waals surface area (Å²) >= 11 is 3.55. The number of nitrogens with zero attached hydrogens (tertiary/aromatic N) is 1. The Morgan fingerprint density at radius 1 is 1.09 bits per heavy atom. The molecule has 0 aliphatic rings. The van der Waals surface area contributed by atoms with E-state index in [1.54, 1.807) is 12.0 Å². The highest BCUT2D eigenvalue weighted by Crippen LogP contribution is 2.31. The van der Waals surface area contributed by atoms with Gasteiger partial charge in [-0.05, 0) is 70.1 Å². The Bertz CT molecular complexity index is 938. The fourth-order valence-electron chi connectivity index (χ4n) is 3.45. The minimum atomic E-state index is -0.588. The van der Waals surface area contributed by atoms with Crippen molar-refractivity contribution in [2.24, 2.45) is 0 Å². The lowest BCUT2D eigenvalue weighted by molar-refractivity contribution is -0.142. The maximum absolute atomic E-state index is 13.3. The van der Waals surface area contributed by atoms with Crippen molar-refractivity contribution in [2.45, 2.75) is 59.0 Å². The number of carbonyl (C=O) groups excluding carboxylic acids is 2. The van der Waals surface area contributed by atoms with Crippen molar-refractivity contribution in [3.05, 3.63) is 58.1 Å². The van der Waals surface area contributed by atoms with Gasteiger partial charge in [0.2, 0.25) is 5.91 Å². The molecule has 6 nitrogen and oxygen atoms in total. The molecule has 2 rings (SSSR count). The molecule has 33 heavy (non-hydrogen) atoms. The normalized spacial score (nSPS) is 12.1. The Morgan fingerprint density at radius 3 is 2.27 bits per heavy atom. The van der Waals surface area contributed by atoms with Crippen LogP contribution in [0.5, 0.6) is 11.5 Å². The van der Waals surface area contributed by atoms with E-state index in [9.17, 15) is 9.59 Å². The first-order valence-corrected chi connectivity index (χ1v) is 12.0. The van der Waals surface area contributed by atoms with Gasteiger partial charge in [0.1, 0.15) is 17.5 Å². The Balaban J connectivity index is 2.22. The van der Waals surface area contributed by atoms with E-state index in [4.69, 9.17) is 9.47 Å². The zero-order chi connectivity index (χ0) is 24.6. The van der Waals surface area contributed by atoms with E-state index in [1.807, 2.05) is 56.3 Å². The van der Waals surface area contributed by atoms with Gasteiger partial charge in [-0.3, -0.25) is 9.59 Å². The summed E-state index contributed by atoms with van der Waals surface area (Å²) in [5.74, 6) is 0.902. The van der Waals surface area contributed by atoms with Gasteiger partial charge in [0.05, 0.1) is 11.6 Å². The van der Waals surface area contributed by atoms with E-state index in [0.29, 0.717) is 25.3 Å². The van der Waals surface area contributed by atoms with Crippen molar-refractivity contribution >= 4 is 27.7 Å². The molecule has 0 radical (unpaired) electrons. The number of hydrogen-bond acceptors (Lipinski definition) is 4. The number of benzene rings is 2. The smallest absolute Gasteiger partial charge is 0.261 e. The molecule has 7 heteroatoms. The molecule has 0 bridgehead atoms. The standard InChI is InChI=1S/C26H35BrN2O4/c1-7-22(25(31)28-8-2)29(16-18-9-12-20(32-6)13-10-18)24(30)17-33-23-14-11-19(15-21(23)27)26(3,4)5/h9-15,22H,7-8,16-17H2,1-6H3,(H,28,31)/t22-/m1/s1. The fraction of sp³-hybridized carbons (Fsp3) is 0.462. The molecule has 0 spiro atoms. The molecule has 0 fully saturated rings. The molecule has 180 valence electrons. The molecule has 1 atom stereocenters. The molecule has 1 N–H and O–H groups in total. The van der Waals surface area contributed by atoms with Crippen molar-refractivity contribution in [3.8, 4) is 11.5 Å². The molecule has 0 heterocycles. The predicted molar refractivity (Wildman–Crippen MR) is 135 cm³/mol. The zero-order valence-corrected chi connectivity index (χ0v) is 22.0. The van der Waals surface area contributed by atoms with Gasteiger partial charge in [-0.1, -0.05) is 45.9 Å². The van der Waals surface area contributed by atoms with Crippen LogP contribution in [0.15, 0.2) is 46.9 Å². The number of amides is 2. The lowest BCUT2D eigenvalue weighted by Gasteiger charge is -2.30. The molecule has 0 aliphatic heterocycles. The summed E-state index contributed by atoms with van der Waals surface area (Å²) in [5.41, 5.74) is 2.08. The molecule has 0 saturated heterocycles. The highest BCUT2D eigenvalue weighted by molar-refractivity contribution is 9.10. The maximum Gasteiger partial charge on any atom is 0.261 e. The van der Waals surface area contributed by atoms with Gasteiger partial charge in [-0.15, -0.1) is 0 Å². The molecule has 2 amide bonds. The molecule has 0 aliphatic carbocycles. The number of nitrogens with one attached hydrogen (secondary N) is 1. The third-order valence-corrected chi connectivity index (χ3v) is 6.02. The summed E-state index contributed by atoms with van der Waals surface area (Å²) in [7, 11) is 1.61. The van der Waals surface area contributed by atoms with Crippen LogP contribution in [-0.4, -0.2) is 43.0 Å². The Hall–Kier alpha value is -2.54. The van der Waals surface area contributed by atoms with Crippen LogP contribution < -0.4 is 14.8 Å². The van der Waals surface area contributed by atoms with Crippen LogP contribution in [-0.2, 0) is 21.5 Å². The summed E-state index contributed by atoms with van der Waals surface area (Å²) in [6.45, 7) is 10.8. The molecular weight excluding hydrogens is 484 g/mol. The average Bonchev–Trinajstić information content (AvgIpc) is 2.77. The van der Waals surface area contributed by atoms with Gasteiger partial charge in [-0.25, -0.2) is 0 Å². The summed E-state index contributed by atoms with van der Waals surface area (Å²) in [6.07, 6.45) is 0.498. The number of carbonyl (C=O) groups is 2. The van der Waals surface area contributed by atoms with E-state index >= 15 is 0 Å². The predicted octanol–water partition coefficient (Wildman–Crippen LogP) is 5.08. The van der Waals surface area contributed by atoms with Gasteiger partial charge >= 0.3 is 0 Å². The maximum atomic E-state index is 13.3. The minimum Gasteiger partial charge on any atom is -0.497 e. The van der Waals surface area contributed by atoms with Crippen LogP contribution >= 0.6 is 15.9 Å². The molecule has 2 aromatic rings. The van der Waals surface area contributed by atoms with Crippen molar-refractivity contribution in [1.82, 2.24) is 10.2 Å². The van der Waals surface area contributed by atoms with E-state index < -0.39 is 6.04 Å². The quantitative estimate of drug-likeness (QED) is 0.476. The highest BCUT2D eigenvalue weighted by atomic mass is 79.9. The van der Waals surface area contributed by atoms with Crippen LogP contribution in [0.25, 0.3) is 0 Å². The molecular formula is C26H35BrN2O4. The SMILES string of the molecule is CCNC(=O)[C@@H](CC)N(Cc1ccc(OC)cc1)C(=O)COc1ccc(C(C)(C)C)cc1Br. The molecule has 0 aromatic heterocycles. The van der Waals surface area contributed by atoms with Crippen LogP contribution in [0.2, 0.25) is 0 Å². The van der Waals surface area contributed by atoms with Gasteiger partial charge < -0.3 is 19.7 Å². The summed E-state index contributed by atoms with van der Waals surface area (Å²) in [6, 6.07) is 12.8. The van der Waals surface area contributed by atoms with E-state index in [2.05, 4.69) is 42.0 Å². The van der Waals surface area contributed by atoms with Crippen molar-refractivity contribution < 1.29 is 19.1 Å². The second kappa shape index (κ2) is 12.1. The van der Waals surface area contributed by atoms with Gasteiger partial charge in [-0.2, -0.15) is 0 Å². The third kappa shape index (κ3) is 7.49. The third-order valence-electron chi connectivity index (χ3n) is 5.40. The largest absolute Gasteiger partial charge is 0.497 e. The highest BCUT2D eigenvalue weighted by Gasteiger charge is 2.29. The monoisotopic (exact) mass is 518 g/mol. The van der Waals surface area contributed by atoms with Crippen molar-refractivity contribution in [2.75, 3.05) is 20.3 Å². The molecule has 2 aromatic carbocycles. The van der Waals surface area contributed by atoms with Crippen molar-refractivity contribution in [3.63, 3.8) is 0 Å². The Morgan fingerprint density at radius 2 is 1.76 bits per heavy atom. The van der Waals surface area contributed by atoms with E-state index in [0.717, 1.165) is 21.3 Å². The summed E-state index contributed by atoms with van der Waals surface area (Å²) < 4.78 is 11.9. The van der Waals surface area contributed by atoms with Crippen LogP contribution in [0, 0.1) is 0 Å². The van der Waals surface area contributed by atoms with E-state index in [-0.39, 0.29) is 23.8 Å². The first-order valence-electron chi connectivity index (χ1n) is 11.2. The number of halogens is 1. The summed E-state index contributed by atoms with van der Waals surface area (Å²) in [4.78, 5) is 27.6. The second-order valence-corrected chi connectivity index (χ2v) is 9.73. The average molecular weight is 519 g/mol. The lowest BCUT2D eigenvalue weighted by Crippen LogP contribution is -2.50. The number of ether oxygens (including phenoxy) is 2. The number of likely N-dealkylation sites (N-methyl/N-ethyl adjacent to an activating group) is 1. The second-order valence-electron chi connectivity index (χ2n) is 8.87. The number of methoxy groups -OCH3 is 1. The lowest BCUT2D eigenvalue weighted by atomic mass is 9.87. The minimum absolute atomic E-state index is 0.00696. The van der Waals surface area contributed by atoms with Crippen LogP contribution in [0.4, 0.5) is 0 Å². The van der Waals surface area contributed by atoms with Gasteiger partial charge in [0.15, 0.2) is 6.61 Å². The molecule has 0 saturated carbocycles.